The van der Waals surface area contributed by atoms with Crippen LogP contribution in [-0.4, -0.2) is 23.9 Å². The van der Waals surface area contributed by atoms with Gasteiger partial charge in [0.2, 0.25) is 0 Å². The molecule has 2 aromatic carbocycles. The smallest absolute Gasteiger partial charge is 0.422 e. The summed E-state index contributed by atoms with van der Waals surface area (Å²) in [5.74, 6) is -0.649. The molecule has 0 aliphatic rings. The number of rotatable bonds is 7. The van der Waals surface area contributed by atoms with Gasteiger partial charge in [-0.05, 0) is 59.2 Å². The number of alkyl halides is 3. The van der Waals surface area contributed by atoms with Crippen molar-refractivity contribution in [2.24, 2.45) is 0 Å². The molecule has 0 amide bonds. The van der Waals surface area contributed by atoms with E-state index < -0.39 is 18.8 Å². The predicted octanol–water partition coefficient (Wildman–Crippen LogP) is 8.24. The molecule has 1 N–H and O–H groups in total. The van der Waals surface area contributed by atoms with Crippen LogP contribution >= 0.6 is 11.3 Å². The van der Waals surface area contributed by atoms with Crippen LogP contribution in [0.4, 0.5) is 13.2 Å². The fourth-order valence-corrected chi connectivity index (χ4v) is 4.76. The van der Waals surface area contributed by atoms with Crippen molar-refractivity contribution in [2.75, 3.05) is 6.61 Å². The van der Waals surface area contributed by atoms with Crippen molar-refractivity contribution in [3.05, 3.63) is 58.5 Å². The number of benzene rings is 2. The highest BCUT2D eigenvalue weighted by Gasteiger charge is 2.30. The Morgan fingerprint density at radius 3 is 2.36 bits per heavy atom. The first-order chi connectivity index (χ1) is 15.4. The number of carboxylic acid groups (broad SMARTS) is 1. The molecule has 0 spiro atoms. The number of ether oxygens (including phenoxy) is 1. The van der Waals surface area contributed by atoms with Crippen molar-refractivity contribution in [3.63, 3.8) is 0 Å². The van der Waals surface area contributed by atoms with Crippen LogP contribution in [0, 0.1) is 0 Å². The fraction of sp³-hybridized carbons (Fsp3) is 0.346. The second-order valence-electron chi connectivity index (χ2n) is 8.69. The molecule has 1 aromatic heterocycles. The van der Waals surface area contributed by atoms with E-state index in [4.69, 9.17) is 9.84 Å². The minimum atomic E-state index is -4.46. The summed E-state index contributed by atoms with van der Waals surface area (Å²) in [6, 6.07) is 11.4. The summed E-state index contributed by atoms with van der Waals surface area (Å²) in [4.78, 5) is 11.9. The maximum Gasteiger partial charge on any atom is 0.422 e. The molecule has 0 fully saturated rings. The van der Waals surface area contributed by atoms with Crippen LogP contribution < -0.4 is 4.74 Å². The number of hydrogen-bond acceptors (Lipinski definition) is 3. The Bertz CT molecular complexity index is 1200. The zero-order chi connectivity index (χ0) is 24.5. The van der Waals surface area contributed by atoms with E-state index >= 15 is 0 Å². The van der Waals surface area contributed by atoms with Gasteiger partial charge < -0.3 is 9.84 Å². The first-order valence-electron chi connectivity index (χ1n) is 10.7. The molecule has 3 aromatic rings. The summed E-state index contributed by atoms with van der Waals surface area (Å²) >= 11 is 1.45. The van der Waals surface area contributed by atoms with E-state index in [1.54, 1.807) is 6.92 Å². The lowest BCUT2D eigenvalue weighted by atomic mass is 9.88. The number of halogens is 3. The van der Waals surface area contributed by atoms with Gasteiger partial charge in [-0.3, -0.25) is 0 Å². The van der Waals surface area contributed by atoms with Crippen LogP contribution in [0.2, 0.25) is 0 Å². The zero-order valence-electron chi connectivity index (χ0n) is 19.2. The second kappa shape index (κ2) is 9.59. The van der Waals surface area contributed by atoms with E-state index in [2.05, 4.69) is 0 Å². The van der Waals surface area contributed by atoms with E-state index in [0.717, 1.165) is 37.7 Å². The monoisotopic (exact) mass is 476 g/mol. The summed E-state index contributed by atoms with van der Waals surface area (Å²) < 4.78 is 45.6. The molecule has 0 radical (unpaired) electrons. The normalized spacial score (nSPS) is 12.7. The third-order valence-corrected chi connectivity index (χ3v) is 6.62. The van der Waals surface area contributed by atoms with Crippen molar-refractivity contribution >= 4 is 33.0 Å². The predicted molar refractivity (Wildman–Crippen MR) is 128 cm³/mol. The Morgan fingerprint density at radius 2 is 1.79 bits per heavy atom. The third kappa shape index (κ3) is 5.77. The Hall–Kier alpha value is -2.80. The van der Waals surface area contributed by atoms with Crippen molar-refractivity contribution in [1.82, 2.24) is 0 Å². The Kier molecular flexibility index (Phi) is 7.22. The SMILES string of the molecule is CC(=CC(=O)O)c1cc2c(-c3cc(C(C)C)cc(C(C)C)c3OCC(F)(F)F)cccc2s1. The van der Waals surface area contributed by atoms with Crippen LogP contribution in [0.5, 0.6) is 5.75 Å². The molecule has 176 valence electrons. The van der Waals surface area contributed by atoms with Crippen LogP contribution in [0.25, 0.3) is 26.8 Å². The van der Waals surface area contributed by atoms with E-state index in [1.807, 2.05) is 64.1 Å². The number of hydrogen-bond donors (Lipinski definition) is 1. The van der Waals surface area contributed by atoms with Gasteiger partial charge in [0.1, 0.15) is 5.75 Å². The average molecular weight is 477 g/mol. The molecular formula is C26H27F3O3S. The molecule has 0 atom stereocenters. The highest BCUT2D eigenvalue weighted by molar-refractivity contribution is 7.20. The van der Waals surface area contributed by atoms with Gasteiger partial charge >= 0.3 is 12.1 Å². The third-order valence-electron chi connectivity index (χ3n) is 5.39. The maximum atomic E-state index is 13.1. The highest BCUT2D eigenvalue weighted by Crippen LogP contribution is 2.44. The van der Waals surface area contributed by atoms with Crippen molar-refractivity contribution < 1.29 is 27.8 Å². The van der Waals surface area contributed by atoms with Crippen LogP contribution in [0.15, 0.2) is 42.5 Å². The summed E-state index contributed by atoms with van der Waals surface area (Å²) in [6.07, 6.45) is -3.30. The van der Waals surface area contributed by atoms with Crippen LogP contribution in [-0.2, 0) is 4.79 Å². The number of fused-ring (bicyclic) bond motifs is 1. The summed E-state index contributed by atoms with van der Waals surface area (Å²) in [6.45, 7) is 8.32. The molecule has 1 heterocycles. The average Bonchev–Trinajstić information content (AvgIpc) is 3.15. The van der Waals surface area contributed by atoms with Gasteiger partial charge in [0.15, 0.2) is 6.61 Å². The quantitative estimate of drug-likeness (QED) is 0.349. The van der Waals surface area contributed by atoms with Crippen molar-refractivity contribution in [1.29, 1.82) is 0 Å². The first-order valence-corrected chi connectivity index (χ1v) is 11.5. The van der Waals surface area contributed by atoms with Crippen molar-refractivity contribution in [2.45, 2.75) is 52.6 Å². The molecule has 0 bridgehead atoms. The van der Waals surface area contributed by atoms with Gasteiger partial charge in [-0.15, -0.1) is 11.3 Å². The Balaban J connectivity index is 2.29. The first kappa shape index (κ1) is 24.8. The lowest BCUT2D eigenvalue weighted by molar-refractivity contribution is -0.153. The van der Waals surface area contributed by atoms with Gasteiger partial charge in [0, 0.05) is 26.6 Å². The number of allylic oxidation sites excluding steroid dienone is 1. The minimum absolute atomic E-state index is 0.0383. The number of aliphatic carboxylic acids is 1. The van der Waals surface area contributed by atoms with E-state index in [0.29, 0.717) is 11.1 Å². The van der Waals surface area contributed by atoms with E-state index in [1.165, 1.54) is 11.3 Å². The number of thiophene rings is 1. The number of carbonyl (C=O) groups is 1. The lowest BCUT2D eigenvalue weighted by Crippen LogP contribution is -2.20. The molecule has 0 aliphatic heterocycles. The second-order valence-corrected chi connectivity index (χ2v) is 9.78. The molecule has 33 heavy (non-hydrogen) atoms. The Morgan fingerprint density at radius 1 is 1.09 bits per heavy atom. The van der Waals surface area contributed by atoms with Gasteiger partial charge in [-0.1, -0.05) is 45.9 Å². The minimum Gasteiger partial charge on any atom is -0.483 e. The lowest BCUT2D eigenvalue weighted by Gasteiger charge is -2.22. The van der Waals surface area contributed by atoms with Crippen LogP contribution in [0.3, 0.4) is 0 Å². The van der Waals surface area contributed by atoms with E-state index in [-0.39, 0.29) is 17.6 Å². The van der Waals surface area contributed by atoms with Gasteiger partial charge in [0.05, 0.1) is 0 Å². The number of carboxylic acids is 1. The molecular weight excluding hydrogens is 449 g/mol. The molecule has 0 aliphatic carbocycles. The molecule has 3 rings (SSSR count). The highest BCUT2D eigenvalue weighted by atomic mass is 32.1. The summed E-state index contributed by atoms with van der Waals surface area (Å²) in [7, 11) is 0. The maximum absolute atomic E-state index is 13.1. The van der Waals surface area contributed by atoms with Gasteiger partial charge in [-0.2, -0.15) is 13.2 Å². The zero-order valence-corrected chi connectivity index (χ0v) is 20.0. The fourth-order valence-electron chi connectivity index (χ4n) is 3.70. The molecule has 3 nitrogen and oxygen atoms in total. The van der Waals surface area contributed by atoms with Gasteiger partial charge in [0.25, 0.3) is 0 Å². The molecule has 0 saturated carbocycles. The molecule has 0 unspecified atom stereocenters. The van der Waals surface area contributed by atoms with E-state index in [9.17, 15) is 18.0 Å². The largest absolute Gasteiger partial charge is 0.483 e. The Labute approximate surface area is 195 Å². The summed E-state index contributed by atoms with van der Waals surface area (Å²) in [5.41, 5.74) is 3.74. The summed E-state index contributed by atoms with van der Waals surface area (Å²) in [5, 5.41) is 9.95. The van der Waals surface area contributed by atoms with Gasteiger partial charge in [-0.25, -0.2) is 4.79 Å². The standard InChI is InChI=1S/C26H27F3O3S/c1-14(2)17-10-19(15(3)4)25(32-13-26(27,28)29)21(11-17)18-7-6-8-22-20(18)12-23(33-22)16(5)9-24(30)31/h6-12,14-15H,13H2,1-5H3,(H,30,31). The van der Waals surface area contributed by atoms with Crippen LogP contribution in [0.1, 0.15) is 62.5 Å². The van der Waals surface area contributed by atoms with Crippen molar-refractivity contribution in [3.8, 4) is 16.9 Å². The topological polar surface area (TPSA) is 46.5 Å². The molecule has 0 saturated heterocycles. The molecule has 7 heteroatoms.